The third kappa shape index (κ3) is 3.60. The summed E-state index contributed by atoms with van der Waals surface area (Å²) >= 11 is 0. The molecule has 1 heterocycles. The molecule has 1 unspecified atom stereocenters. The van der Waals surface area contributed by atoms with Crippen molar-refractivity contribution in [3.63, 3.8) is 0 Å². The van der Waals surface area contributed by atoms with Gasteiger partial charge in [0, 0.05) is 13.1 Å². The molecular formula is C12H24N4O2. The topological polar surface area (TPSA) is 91.0 Å². The lowest BCUT2D eigenvalue weighted by Crippen LogP contribution is -2.48. The lowest BCUT2D eigenvalue weighted by atomic mass is 9.90. The van der Waals surface area contributed by atoms with Gasteiger partial charge < -0.3 is 21.2 Å². The van der Waals surface area contributed by atoms with Crippen LogP contribution in [0.25, 0.3) is 0 Å². The second-order valence-corrected chi connectivity index (χ2v) is 5.59. The van der Waals surface area contributed by atoms with Gasteiger partial charge in [-0.3, -0.25) is 4.79 Å². The Hall–Kier alpha value is -1.30. The van der Waals surface area contributed by atoms with E-state index < -0.39 is 5.41 Å². The summed E-state index contributed by atoms with van der Waals surface area (Å²) in [5.74, 6) is 0.211. The molecule has 6 nitrogen and oxygen atoms in total. The van der Waals surface area contributed by atoms with Crippen molar-refractivity contribution in [2.24, 2.45) is 22.2 Å². The molecule has 104 valence electrons. The highest BCUT2D eigenvalue weighted by Crippen LogP contribution is 2.17. The van der Waals surface area contributed by atoms with Gasteiger partial charge in [0.15, 0.2) is 5.84 Å². The Morgan fingerprint density at radius 3 is 2.83 bits per heavy atom. The fourth-order valence-corrected chi connectivity index (χ4v) is 2.14. The Morgan fingerprint density at radius 2 is 2.28 bits per heavy atom. The molecule has 0 saturated carbocycles. The van der Waals surface area contributed by atoms with Gasteiger partial charge in [-0.25, -0.2) is 0 Å². The van der Waals surface area contributed by atoms with Crippen LogP contribution in [0.3, 0.4) is 0 Å². The fraction of sp³-hybridized carbons (Fsp3) is 0.833. The Labute approximate surface area is 108 Å². The van der Waals surface area contributed by atoms with E-state index in [0.29, 0.717) is 12.5 Å². The highest BCUT2D eigenvalue weighted by atomic mass is 16.4. The molecule has 1 atom stereocenters. The van der Waals surface area contributed by atoms with Crippen molar-refractivity contribution < 1.29 is 10.0 Å². The summed E-state index contributed by atoms with van der Waals surface area (Å²) in [7, 11) is 2.09. The van der Waals surface area contributed by atoms with Crippen LogP contribution < -0.4 is 11.1 Å². The summed E-state index contributed by atoms with van der Waals surface area (Å²) < 4.78 is 0. The number of carbonyl (C=O) groups excluding carboxylic acids is 1. The highest BCUT2D eigenvalue weighted by molar-refractivity contribution is 6.05. The SMILES string of the molecule is CN1CCCC(CNC(=O)C(C)(C)C(N)=NO)C1. The zero-order valence-electron chi connectivity index (χ0n) is 11.4. The minimum Gasteiger partial charge on any atom is -0.409 e. The van der Waals surface area contributed by atoms with Crippen molar-refractivity contribution in [3.8, 4) is 0 Å². The molecule has 1 aliphatic heterocycles. The first-order valence-corrected chi connectivity index (χ1v) is 6.32. The average Bonchev–Trinajstić information content (AvgIpc) is 2.34. The van der Waals surface area contributed by atoms with Gasteiger partial charge in [-0.2, -0.15) is 0 Å². The highest BCUT2D eigenvalue weighted by Gasteiger charge is 2.33. The minimum absolute atomic E-state index is 0.0687. The molecule has 0 bridgehead atoms. The number of carbonyl (C=O) groups is 1. The molecule has 1 fully saturated rings. The normalized spacial score (nSPS) is 22.8. The summed E-state index contributed by atoms with van der Waals surface area (Å²) in [6.45, 7) is 6.06. The standard InChI is InChI=1S/C12H24N4O2/c1-12(2,10(13)15-18)11(17)14-7-9-5-4-6-16(3)8-9/h9,18H,4-8H2,1-3H3,(H2,13,15)(H,14,17). The number of amidine groups is 1. The summed E-state index contributed by atoms with van der Waals surface area (Å²) in [4.78, 5) is 14.3. The fourth-order valence-electron chi connectivity index (χ4n) is 2.14. The van der Waals surface area contributed by atoms with Gasteiger partial charge in [0.05, 0.1) is 0 Å². The molecule has 0 aromatic rings. The van der Waals surface area contributed by atoms with E-state index in [-0.39, 0.29) is 11.7 Å². The van der Waals surface area contributed by atoms with E-state index in [2.05, 4.69) is 22.4 Å². The van der Waals surface area contributed by atoms with Crippen molar-refractivity contribution in [2.75, 3.05) is 26.7 Å². The van der Waals surface area contributed by atoms with Crippen LogP contribution in [0.2, 0.25) is 0 Å². The number of oxime groups is 1. The van der Waals surface area contributed by atoms with Crippen LogP contribution in [-0.2, 0) is 4.79 Å². The molecule has 0 spiro atoms. The van der Waals surface area contributed by atoms with Crippen LogP contribution >= 0.6 is 0 Å². The predicted molar refractivity (Wildman–Crippen MR) is 70.4 cm³/mol. The molecule has 1 amide bonds. The van der Waals surface area contributed by atoms with Crippen LogP contribution in [0.1, 0.15) is 26.7 Å². The number of amides is 1. The predicted octanol–water partition coefficient (Wildman–Crippen LogP) is 0.217. The second kappa shape index (κ2) is 6.04. The molecule has 18 heavy (non-hydrogen) atoms. The van der Waals surface area contributed by atoms with Gasteiger partial charge in [-0.1, -0.05) is 5.16 Å². The summed E-state index contributed by atoms with van der Waals surface area (Å²) in [6, 6.07) is 0. The number of nitrogens with one attached hydrogen (secondary N) is 1. The molecule has 0 aromatic carbocycles. The van der Waals surface area contributed by atoms with E-state index in [0.717, 1.165) is 19.5 Å². The van der Waals surface area contributed by atoms with E-state index in [1.54, 1.807) is 13.8 Å². The van der Waals surface area contributed by atoms with Crippen LogP contribution in [0.4, 0.5) is 0 Å². The molecule has 1 rings (SSSR count). The van der Waals surface area contributed by atoms with Gasteiger partial charge in [0.1, 0.15) is 5.41 Å². The summed E-state index contributed by atoms with van der Waals surface area (Å²) in [5, 5.41) is 14.5. The first-order valence-electron chi connectivity index (χ1n) is 6.32. The quantitative estimate of drug-likeness (QED) is 0.290. The van der Waals surface area contributed by atoms with Gasteiger partial charge in [0.2, 0.25) is 5.91 Å². The molecule has 4 N–H and O–H groups in total. The number of hydrogen-bond acceptors (Lipinski definition) is 4. The maximum Gasteiger partial charge on any atom is 0.233 e. The van der Waals surface area contributed by atoms with Crippen LogP contribution in [-0.4, -0.2) is 48.5 Å². The van der Waals surface area contributed by atoms with Gasteiger partial charge in [0.25, 0.3) is 0 Å². The summed E-state index contributed by atoms with van der Waals surface area (Å²) in [5.41, 5.74) is 4.54. The van der Waals surface area contributed by atoms with Crippen molar-refractivity contribution in [3.05, 3.63) is 0 Å². The minimum atomic E-state index is -0.977. The monoisotopic (exact) mass is 256 g/mol. The third-order valence-corrected chi connectivity index (χ3v) is 3.59. The smallest absolute Gasteiger partial charge is 0.233 e. The Balaban J connectivity index is 2.45. The number of piperidine rings is 1. The van der Waals surface area contributed by atoms with Gasteiger partial charge >= 0.3 is 0 Å². The van der Waals surface area contributed by atoms with Crippen LogP contribution in [0.15, 0.2) is 5.16 Å². The van der Waals surface area contributed by atoms with Crippen LogP contribution in [0.5, 0.6) is 0 Å². The Morgan fingerprint density at radius 1 is 1.61 bits per heavy atom. The lowest BCUT2D eigenvalue weighted by Gasteiger charge is -2.30. The van der Waals surface area contributed by atoms with Crippen LogP contribution in [0, 0.1) is 11.3 Å². The summed E-state index contributed by atoms with van der Waals surface area (Å²) in [6.07, 6.45) is 2.30. The maximum absolute atomic E-state index is 12.0. The zero-order valence-corrected chi connectivity index (χ0v) is 11.4. The molecule has 0 aliphatic carbocycles. The van der Waals surface area contributed by atoms with E-state index in [4.69, 9.17) is 10.9 Å². The Kier molecular flexibility index (Phi) is 4.95. The number of nitrogens with two attached hydrogens (primary N) is 1. The first-order chi connectivity index (χ1) is 8.37. The largest absolute Gasteiger partial charge is 0.409 e. The third-order valence-electron chi connectivity index (χ3n) is 3.59. The van der Waals surface area contributed by atoms with E-state index >= 15 is 0 Å². The first kappa shape index (κ1) is 14.8. The van der Waals surface area contributed by atoms with Crippen molar-refractivity contribution >= 4 is 11.7 Å². The average molecular weight is 256 g/mol. The van der Waals surface area contributed by atoms with Gasteiger partial charge in [-0.05, 0) is 46.2 Å². The number of hydrogen-bond donors (Lipinski definition) is 3. The Bertz CT molecular complexity index is 328. The van der Waals surface area contributed by atoms with Crippen molar-refractivity contribution in [1.82, 2.24) is 10.2 Å². The van der Waals surface area contributed by atoms with E-state index in [1.165, 1.54) is 6.42 Å². The molecule has 0 radical (unpaired) electrons. The molecule has 0 aromatic heterocycles. The molecule has 6 heteroatoms. The molecule has 1 aliphatic rings. The number of nitrogens with zero attached hydrogens (tertiary/aromatic N) is 2. The van der Waals surface area contributed by atoms with E-state index in [9.17, 15) is 4.79 Å². The number of rotatable bonds is 4. The van der Waals surface area contributed by atoms with Crippen molar-refractivity contribution in [1.29, 1.82) is 0 Å². The lowest BCUT2D eigenvalue weighted by molar-refractivity contribution is -0.126. The maximum atomic E-state index is 12.0. The van der Waals surface area contributed by atoms with Crippen molar-refractivity contribution in [2.45, 2.75) is 26.7 Å². The molecular weight excluding hydrogens is 232 g/mol. The number of likely N-dealkylation sites (tertiary alicyclic amines) is 1. The zero-order chi connectivity index (χ0) is 13.8. The van der Waals surface area contributed by atoms with Gasteiger partial charge in [-0.15, -0.1) is 0 Å². The second-order valence-electron chi connectivity index (χ2n) is 5.59. The molecule has 1 saturated heterocycles. The van der Waals surface area contributed by atoms with E-state index in [1.807, 2.05) is 0 Å².